The van der Waals surface area contributed by atoms with Gasteiger partial charge in [-0.25, -0.2) is 0 Å². The number of hydrogen-bond acceptors (Lipinski definition) is 3. The van der Waals surface area contributed by atoms with Gasteiger partial charge in [0.15, 0.2) is 11.6 Å². The maximum atomic E-state index is 13.2. The van der Waals surface area contributed by atoms with Gasteiger partial charge in [0.2, 0.25) is 0 Å². The molecular formula is C23H16O3. The van der Waals surface area contributed by atoms with Crippen molar-refractivity contribution < 1.29 is 14.3 Å². The molecule has 3 heteroatoms. The second kappa shape index (κ2) is 6.81. The maximum absolute atomic E-state index is 13.2. The monoisotopic (exact) mass is 340 g/mol. The van der Waals surface area contributed by atoms with Crippen LogP contribution in [-0.2, 0) is 0 Å². The molecule has 0 aromatic heterocycles. The molecule has 0 amide bonds. The molecule has 0 unspecified atom stereocenters. The molecule has 126 valence electrons. The van der Waals surface area contributed by atoms with Gasteiger partial charge in [0.1, 0.15) is 12.4 Å². The van der Waals surface area contributed by atoms with Crippen molar-refractivity contribution in [1.29, 1.82) is 0 Å². The summed E-state index contributed by atoms with van der Waals surface area (Å²) in [6.45, 7) is 0.0820. The zero-order valence-corrected chi connectivity index (χ0v) is 14.0. The Bertz CT molecular complexity index is 1000. The first kappa shape index (κ1) is 16.0. The minimum Gasteiger partial charge on any atom is -0.488 e. The van der Waals surface area contributed by atoms with Crippen LogP contribution in [0, 0.1) is 0 Å². The quantitative estimate of drug-likeness (QED) is 0.652. The summed E-state index contributed by atoms with van der Waals surface area (Å²) in [5, 5.41) is 0. The van der Waals surface area contributed by atoms with Crippen molar-refractivity contribution in [2.24, 2.45) is 0 Å². The zero-order chi connectivity index (χ0) is 17.9. The zero-order valence-electron chi connectivity index (χ0n) is 14.0. The second-order valence-corrected chi connectivity index (χ2v) is 6.03. The first-order chi connectivity index (χ1) is 12.8. The predicted octanol–water partition coefficient (Wildman–Crippen LogP) is 4.60. The lowest BCUT2D eigenvalue weighted by atomic mass is 9.87. The average Bonchev–Trinajstić information content (AvgIpc) is 2.73. The van der Waals surface area contributed by atoms with Crippen molar-refractivity contribution in [2.45, 2.75) is 0 Å². The number of rotatable bonds is 4. The van der Waals surface area contributed by atoms with Crippen LogP contribution in [-0.4, -0.2) is 18.2 Å². The summed E-state index contributed by atoms with van der Waals surface area (Å²) in [7, 11) is 0. The number of hydrogen-bond donors (Lipinski definition) is 0. The number of benzene rings is 3. The van der Waals surface area contributed by atoms with Crippen molar-refractivity contribution in [1.82, 2.24) is 0 Å². The largest absolute Gasteiger partial charge is 0.488 e. The highest BCUT2D eigenvalue weighted by molar-refractivity contribution is 6.35. The molecule has 3 aromatic carbocycles. The molecule has 3 nitrogen and oxygen atoms in total. The van der Waals surface area contributed by atoms with Gasteiger partial charge in [-0.1, -0.05) is 78.9 Å². The lowest BCUT2D eigenvalue weighted by Crippen LogP contribution is -2.22. The fourth-order valence-corrected chi connectivity index (χ4v) is 3.12. The molecule has 0 fully saturated rings. The summed E-state index contributed by atoms with van der Waals surface area (Å²) in [5.41, 5.74) is 2.57. The van der Waals surface area contributed by atoms with Gasteiger partial charge < -0.3 is 4.74 Å². The normalized spacial score (nSPS) is 12.9. The van der Waals surface area contributed by atoms with Gasteiger partial charge in [-0.3, -0.25) is 9.59 Å². The number of carbonyl (C=O) groups excluding carboxylic acids is 2. The second-order valence-electron chi connectivity index (χ2n) is 6.03. The first-order valence-electron chi connectivity index (χ1n) is 8.40. The first-order valence-corrected chi connectivity index (χ1v) is 8.40. The molecule has 0 atom stereocenters. The molecular weight excluding hydrogens is 324 g/mol. The standard InChI is InChI=1S/C23H16O3/c24-22(16-9-3-1-4-10-16)19-15-26-20-14-8-7-13-18(20)21(19)23(25)17-11-5-2-6-12-17/h1-14H,15H2. The molecule has 0 N–H and O–H groups in total. The lowest BCUT2D eigenvalue weighted by molar-refractivity contribution is 0.100. The van der Waals surface area contributed by atoms with Crippen LogP contribution < -0.4 is 4.74 Å². The minimum absolute atomic E-state index is 0.0820. The summed E-state index contributed by atoms with van der Waals surface area (Å²) in [4.78, 5) is 26.3. The van der Waals surface area contributed by atoms with Gasteiger partial charge in [-0.05, 0) is 6.07 Å². The number of Topliss-reactive ketones (excluding diaryl/α,β-unsaturated/α-hetero) is 2. The van der Waals surface area contributed by atoms with Crippen LogP contribution in [0.3, 0.4) is 0 Å². The lowest BCUT2D eigenvalue weighted by Gasteiger charge is -2.23. The third-order valence-electron chi connectivity index (χ3n) is 4.40. The molecule has 1 heterocycles. The third kappa shape index (κ3) is 2.84. The molecule has 0 bridgehead atoms. The molecule has 26 heavy (non-hydrogen) atoms. The molecule has 0 saturated carbocycles. The van der Waals surface area contributed by atoms with E-state index in [4.69, 9.17) is 4.74 Å². The van der Waals surface area contributed by atoms with Crippen LogP contribution in [0.2, 0.25) is 0 Å². The van der Waals surface area contributed by atoms with E-state index in [2.05, 4.69) is 0 Å². The fourth-order valence-electron chi connectivity index (χ4n) is 3.12. The highest BCUT2D eigenvalue weighted by Gasteiger charge is 2.30. The Morgan fingerprint density at radius 2 is 1.19 bits per heavy atom. The number of allylic oxidation sites excluding steroid dienone is 1. The summed E-state index contributed by atoms with van der Waals surface area (Å²) in [6.07, 6.45) is 0. The van der Waals surface area contributed by atoms with Gasteiger partial charge in [0.05, 0.1) is 0 Å². The molecule has 4 rings (SSSR count). The SMILES string of the molecule is O=C(C1=C(C(=O)c2ccccc2)c2ccccc2OC1)c1ccccc1. The summed E-state index contributed by atoms with van der Waals surface area (Å²) >= 11 is 0. The van der Waals surface area contributed by atoms with Gasteiger partial charge in [0, 0.05) is 27.8 Å². The Hall–Kier alpha value is -3.46. The van der Waals surface area contributed by atoms with Gasteiger partial charge in [-0.15, -0.1) is 0 Å². The topological polar surface area (TPSA) is 43.4 Å². The number of fused-ring (bicyclic) bond motifs is 1. The van der Waals surface area contributed by atoms with Crippen LogP contribution in [0.15, 0.2) is 90.5 Å². The van der Waals surface area contributed by atoms with E-state index < -0.39 is 0 Å². The number of para-hydroxylation sites is 1. The Kier molecular flexibility index (Phi) is 4.20. The van der Waals surface area contributed by atoms with Crippen LogP contribution in [0.4, 0.5) is 0 Å². The van der Waals surface area contributed by atoms with E-state index in [1.165, 1.54) is 0 Å². The van der Waals surface area contributed by atoms with Gasteiger partial charge in [-0.2, -0.15) is 0 Å². The van der Waals surface area contributed by atoms with Crippen molar-refractivity contribution in [2.75, 3.05) is 6.61 Å². The van der Waals surface area contributed by atoms with E-state index in [0.29, 0.717) is 33.6 Å². The molecule has 1 aliphatic rings. The minimum atomic E-state index is -0.181. The number of ether oxygens (including phenoxy) is 1. The molecule has 0 spiro atoms. The molecule has 0 aliphatic carbocycles. The third-order valence-corrected chi connectivity index (χ3v) is 4.40. The van der Waals surface area contributed by atoms with E-state index in [0.717, 1.165) is 0 Å². The van der Waals surface area contributed by atoms with Crippen LogP contribution in [0.1, 0.15) is 26.3 Å². The Morgan fingerprint density at radius 3 is 1.85 bits per heavy atom. The Balaban J connectivity index is 1.90. The number of ketones is 2. The molecule has 1 aliphatic heterocycles. The van der Waals surface area contributed by atoms with E-state index in [1.807, 2.05) is 60.7 Å². The smallest absolute Gasteiger partial charge is 0.194 e. The fraction of sp³-hybridized carbons (Fsp3) is 0.0435. The molecule has 0 radical (unpaired) electrons. The summed E-state index contributed by atoms with van der Waals surface area (Å²) in [5.74, 6) is 0.274. The Labute approximate surface area is 151 Å². The van der Waals surface area contributed by atoms with Crippen LogP contribution >= 0.6 is 0 Å². The van der Waals surface area contributed by atoms with Crippen molar-refractivity contribution in [3.8, 4) is 5.75 Å². The van der Waals surface area contributed by atoms with E-state index >= 15 is 0 Å². The van der Waals surface area contributed by atoms with Crippen LogP contribution in [0.25, 0.3) is 5.57 Å². The van der Waals surface area contributed by atoms with Crippen molar-refractivity contribution in [3.63, 3.8) is 0 Å². The molecule has 3 aromatic rings. The van der Waals surface area contributed by atoms with E-state index in [9.17, 15) is 9.59 Å². The summed E-state index contributed by atoms with van der Waals surface area (Å²) in [6, 6.07) is 25.3. The Morgan fingerprint density at radius 1 is 0.654 bits per heavy atom. The van der Waals surface area contributed by atoms with Crippen molar-refractivity contribution in [3.05, 3.63) is 107 Å². The van der Waals surface area contributed by atoms with Crippen LogP contribution in [0.5, 0.6) is 5.75 Å². The van der Waals surface area contributed by atoms with Crippen molar-refractivity contribution >= 4 is 17.1 Å². The van der Waals surface area contributed by atoms with E-state index in [1.54, 1.807) is 24.3 Å². The predicted molar refractivity (Wildman–Crippen MR) is 100 cm³/mol. The highest BCUT2D eigenvalue weighted by Crippen LogP contribution is 2.36. The van der Waals surface area contributed by atoms with Gasteiger partial charge in [0.25, 0.3) is 0 Å². The summed E-state index contributed by atoms with van der Waals surface area (Å²) < 4.78 is 5.76. The van der Waals surface area contributed by atoms with Gasteiger partial charge >= 0.3 is 0 Å². The molecule has 0 saturated heterocycles. The van der Waals surface area contributed by atoms with E-state index in [-0.39, 0.29) is 18.2 Å². The average molecular weight is 340 g/mol. The maximum Gasteiger partial charge on any atom is 0.194 e. The highest BCUT2D eigenvalue weighted by atomic mass is 16.5. The number of carbonyl (C=O) groups is 2.